The SMILES string of the molecule is COCc1c(C(=O)Nc2cccc(C(=O)NCC(=O)OC)c2)sc2cccc(F)c12. The summed E-state index contributed by atoms with van der Waals surface area (Å²) in [7, 11) is 2.70. The molecule has 0 saturated heterocycles. The summed E-state index contributed by atoms with van der Waals surface area (Å²) in [6.45, 7) is -0.181. The molecule has 9 heteroatoms. The van der Waals surface area contributed by atoms with Gasteiger partial charge < -0.3 is 20.1 Å². The van der Waals surface area contributed by atoms with Gasteiger partial charge in [0, 0.05) is 34.0 Å². The van der Waals surface area contributed by atoms with E-state index in [4.69, 9.17) is 4.74 Å². The fraction of sp³-hybridized carbons (Fsp3) is 0.190. The third kappa shape index (κ3) is 4.64. The van der Waals surface area contributed by atoms with Gasteiger partial charge in [-0.15, -0.1) is 11.3 Å². The average Bonchev–Trinajstić information content (AvgIpc) is 3.12. The van der Waals surface area contributed by atoms with E-state index >= 15 is 0 Å². The van der Waals surface area contributed by atoms with Gasteiger partial charge in [0.2, 0.25) is 0 Å². The minimum atomic E-state index is -0.574. The van der Waals surface area contributed by atoms with Crippen molar-refractivity contribution >= 4 is 44.9 Å². The highest BCUT2D eigenvalue weighted by atomic mass is 32.1. The van der Waals surface area contributed by atoms with E-state index < -0.39 is 23.6 Å². The van der Waals surface area contributed by atoms with Crippen molar-refractivity contribution in [2.45, 2.75) is 6.61 Å². The summed E-state index contributed by atoms with van der Waals surface area (Å²) in [4.78, 5) is 36.6. The minimum absolute atomic E-state index is 0.0830. The molecule has 1 heterocycles. The number of hydrogen-bond acceptors (Lipinski definition) is 6. The van der Waals surface area contributed by atoms with E-state index in [1.807, 2.05) is 0 Å². The van der Waals surface area contributed by atoms with Crippen LogP contribution < -0.4 is 10.6 Å². The molecule has 2 N–H and O–H groups in total. The first-order chi connectivity index (χ1) is 14.4. The van der Waals surface area contributed by atoms with Crippen molar-refractivity contribution in [3.63, 3.8) is 0 Å². The number of rotatable bonds is 7. The molecule has 0 saturated carbocycles. The quantitative estimate of drug-likeness (QED) is 0.561. The van der Waals surface area contributed by atoms with E-state index in [-0.39, 0.29) is 18.7 Å². The second-order valence-corrected chi connectivity index (χ2v) is 7.30. The smallest absolute Gasteiger partial charge is 0.325 e. The minimum Gasteiger partial charge on any atom is -0.468 e. The molecule has 0 aliphatic carbocycles. The van der Waals surface area contributed by atoms with Gasteiger partial charge in [-0.1, -0.05) is 12.1 Å². The van der Waals surface area contributed by atoms with E-state index in [2.05, 4.69) is 15.4 Å². The maximum Gasteiger partial charge on any atom is 0.325 e. The third-order valence-corrected chi connectivity index (χ3v) is 5.46. The number of amides is 2. The first kappa shape index (κ1) is 21.4. The molecule has 0 fully saturated rings. The van der Waals surface area contributed by atoms with Gasteiger partial charge in [-0.25, -0.2) is 4.39 Å². The van der Waals surface area contributed by atoms with Crippen molar-refractivity contribution in [1.29, 1.82) is 0 Å². The summed E-state index contributed by atoms with van der Waals surface area (Å²) in [5.74, 6) is -1.91. The van der Waals surface area contributed by atoms with Crippen molar-refractivity contribution in [3.05, 3.63) is 64.3 Å². The molecule has 3 aromatic rings. The Morgan fingerprint density at radius 2 is 1.83 bits per heavy atom. The van der Waals surface area contributed by atoms with E-state index in [1.54, 1.807) is 30.3 Å². The van der Waals surface area contributed by atoms with Crippen LogP contribution in [-0.2, 0) is 20.9 Å². The van der Waals surface area contributed by atoms with Crippen LogP contribution in [0, 0.1) is 5.82 Å². The first-order valence-electron chi connectivity index (χ1n) is 8.89. The first-order valence-corrected chi connectivity index (χ1v) is 9.71. The summed E-state index contributed by atoms with van der Waals surface area (Å²) >= 11 is 1.17. The number of thiophene rings is 1. The maximum atomic E-state index is 14.3. The zero-order chi connectivity index (χ0) is 21.7. The summed E-state index contributed by atoms with van der Waals surface area (Å²) in [5, 5.41) is 5.53. The van der Waals surface area contributed by atoms with Crippen LogP contribution >= 0.6 is 11.3 Å². The molecule has 0 unspecified atom stereocenters. The third-order valence-electron chi connectivity index (χ3n) is 4.26. The number of fused-ring (bicyclic) bond motifs is 1. The van der Waals surface area contributed by atoms with Gasteiger partial charge in [-0.3, -0.25) is 14.4 Å². The van der Waals surface area contributed by atoms with Crippen LogP contribution in [0.1, 0.15) is 25.6 Å². The van der Waals surface area contributed by atoms with Crippen molar-refractivity contribution in [3.8, 4) is 0 Å². The van der Waals surface area contributed by atoms with E-state index in [0.717, 1.165) is 0 Å². The predicted octanol–water partition coefficient (Wildman–Crippen LogP) is 3.34. The van der Waals surface area contributed by atoms with Crippen LogP contribution in [0.4, 0.5) is 10.1 Å². The van der Waals surface area contributed by atoms with Crippen molar-refractivity contribution < 1.29 is 28.2 Å². The standard InChI is InChI=1S/C21H19FN2O5S/c1-28-11-14-18-15(22)7-4-8-16(18)30-19(14)21(27)24-13-6-3-5-12(9-13)20(26)23-10-17(25)29-2/h3-9H,10-11H2,1-2H3,(H,23,26)(H,24,27). The molecule has 0 atom stereocenters. The Kier molecular flexibility index (Phi) is 6.76. The Balaban J connectivity index is 1.83. The van der Waals surface area contributed by atoms with E-state index in [0.29, 0.717) is 26.2 Å². The Labute approximate surface area is 175 Å². The largest absolute Gasteiger partial charge is 0.468 e. The summed E-state index contributed by atoms with van der Waals surface area (Å²) in [6.07, 6.45) is 0. The molecule has 0 aliphatic heterocycles. The monoisotopic (exact) mass is 430 g/mol. The molecular formula is C21H19FN2O5S. The van der Waals surface area contributed by atoms with E-state index in [1.165, 1.54) is 37.7 Å². The van der Waals surface area contributed by atoms with Gasteiger partial charge in [-0.2, -0.15) is 0 Å². The van der Waals surface area contributed by atoms with Crippen LogP contribution in [0.2, 0.25) is 0 Å². The highest BCUT2D eigenvalue weighted by Gasteiger charge is 2.21. The number of hydrogen-bond donors (Lipinski definition) is 2. The maximum absolute atomic E-state index is 14.3. The van der Waals surface area contributed by atoms with Crippen LogP contribution in [-0.4, -0.2) is 38.5 Å². The predicted molar refractivity (Wildman–Crippen MR) is 111 cm³/mol. The summed E-state index contributed by atoms with van der Waals surface area (Å²) < 4.78 is 24.6. The molecule has 0 aliphatic rings. The number of carbonyl (C=O) groups excluding carboxylic acids is 3. The molecule has 0 spiro atoms. The lowest BCUT2D eigenvalue weighted by Crippen LogP contribution is -2.30. The molecule has 2 amide bonds. The zero-order valence-corrected chi connectivity index (χ0v) is 17.1. The Morgan fingerprint density at radius 3 is 2.57 bits per heavy atom. The lowest BCUT2D eigenvalue weighted by Gasteiger charge is -2.09. The number of ether oxygens (including phenoxy) is 2. The van der Waals surface area contributed by atoms with Gasteiger partial charge in [0.1, 0.15) is 12.4 Å². The molecular weight excluding hydrogens is 411 g/mol. The second-order valence-electron chi connectivity index (χ2n) is 6.25. The van der Waals surface area contributed by atoms with Gasteiger partial charge in [0.15, 0.2) is 0 Å². The molecule has 2 aromatic carbocycles. The van der Waals surface area contributed by atoms with Gasteiger partial charge >= 0.3 is 5.97 Å². The number of benzene rings is 2. The molecule has 1 aromatic heterocycles. The van der Waals surface area contributed by atoms with E-state index in [9.17, 15) is 18.8 Å². The highest BCUT2D eigenvalue weighted by Crippen LogP contribution is 2.34. The van der Waals surface area contributed by atoms with Crippen LogP contribution in [0.25, 0.3) is 10.1 Å². The van der Waals surface area contributed by atoms with Gasteiger partial charge in [0.05, 0.1) is 18.6 Å². The summed E-state index contributed by atoms with van der Waals surface area (Å²) in [5.41, 5.74) is 1.11. The molecule has 156 valence electrons. The fourth-order valence-corrected chi connectivity index (χ4v) is 4.00. The highest BCUT2D eigenvalue weighted by molar-refractivity contribution is 7.21. The number of methoxy groups -OCH3 is 2. The molecule has 7 nitrogen and oxygen atoms in total. The van der Waals surface area contributed by atoms with Gasteiger partial charge in [0.25, 0.3) is 11.8 Å². The van der Waals surface area contributed by atoms with Crippen molar-refractivity contribution in [2.75, 3.05) is 26.1 Å². The molecule has 3 rings (SSSR count). The average molecular weight is 430 g/mol. The number of halogens is 1. The number of nitrogens with one attached hydrogen (secondary N) is 2. The fourth-order valence-electron chi connectivity index (χ4n) is 2.89. The van der Waals surface area contributed by atoms with Crippen molar-refractivity contribution in [1.82, 2.24) is 5.32 Å². The second kappa shape index (κ2) is 9.47. The van der Waals surface area contributed by atoms with Crippen molar-refractivity contribution in [2.24, 2.45) is 0 Å². The lowest BCUT2D eigenvalue weighted by molar-refractivity contribution is -0.139. The molecule has 0 radical (unpaired) electrons. The zero-order valence-electron chi connectivity index (χ0n) is 16.3. The Hall–Kier alpha value is -3.30. The number of esters is 1. The molecule has 0 bridgehead atoms. The Morgan fingerprint density at radius 1 is 1.07 bits per heavy atom. The van der Waals surface area contributed by atoms with Crippen LogP contribution in [0.3, 0.4) is 0 Å². The number of anilines is 1. The summed E-state index contributed by atoms with van der Waals surface area (Å²) in [6, 6.07) is 10.9. The Bertz CT molecular complexity index is 1110. The normalized spacial score (nSPS) is 10.6. The van der Waals surface area contributed by atoms with Crippen LogP contribution in [0.15, 0.2) is 42.5 Å². The lowest BCUT2D eigenvalue weighted by atomic mass is 10.1. The van der Waals surface area contributed by atoms with Crippen LogP contribution in [0.5, 0.6) is 0 Å². The topological polar surface area (TPSA) is 93.7 Å². The number of carbonyl (C=O) groups is 3. The van der Waals surface area contributed by atoms with Gasteiger partial charge in [-0.05, 0) is 30.3 Å². The molecule has 30 heavy (non-hydrogen) atoms.